The predicted molar refractivity (Wildman–Crippen MR) is 75.0 cm³/mol. The summed E-state index contributed by atoms with van der Waals surface area (Å²) in [6.07, 6.45) is 4.09. The van der Waals surface area contributed by atoms with Crippen LogP contribution in [0.15, 0.2) is 24.4 Å². The zero-order valence-corrected chi connectivity index (χ0v) is 11.4. The lowest BCUT2D eigenvalue weighted by Crippen LogP contribution is -2.46. The lowest BCUT2D eigenvalue weighted by molar-refractivity contribution is 0.0551. The van der Waals surface area contributed by atoms with E-state index in [0.29, 0.717) is 12.0 Å². The molecule has 2 aromatic rings. The quantitative estimate of drug-likeness (QED) is 0.854. The van der Waals surface area contributed by atoms with Crippen molar-refractivity contribution in [3.05, 3.63) is 30.0 Å². The summed E-state index contributed by atoms with van der Waals surface area (Å²) >= 11 is 0. The standard InChI is InChI=1S/C15H19N3O/c1-10-4-3-7-18(11(10)2)15(19)12-5-6-13-9-16-17-14(13)8-12/h5-6,8-11H,3-4,7H2,1-2H3,(H,16,17). The lowest BCUT2D eigenvalue weighted by Gasteiger charge is -2.38. The Morgan fingerprint density at radius 2 is 2.26 bits per heavy atom. The highest BCUT2D eigenvalue weighted by Crippen LogP contribution is 2.25. The van der Waals surface area contributed by atoms with E-state index in [1.54, 1.807) is 6.20 Å². The van der Waals surface area contributed by atoms with Crippen molar-refractivity contribution in [3.8, 4) is 0 Å². The third-order valence-electron chi connectivity index (χ3n) is 4.32. The minimum atomic E-state index is 0.135. The van der Waals surface area contributed by atoms with Crippen LogP contribution in [-0.4, -0.2) is 33.6 Å². The molecule has 1 aromatic carbocycles. The number of aromatic amines is 1. The first-order valence-corrected chi connectivity index (χ1v) is 6.91. The average molecular weight is 257 g/mol. The zero-order chi connectivity index (χ0) is 13.4. The van der Waals surface area contributed by atoms with Crippen molar-refractivity contribution >= 4 is 16.8 Å². The van der Waals surface area contributed by atoms with Gasteiger partial charge < -0.3 is 4.90 Å². The number of H-pyrrole nitrogens is 1. The van der Waals surface area contributed by atoms with E-state index >= 15 is 0 Å². The number of carbonyl (C=O) groups excluding carboxylic acids is 1. The molecule has 100 valence electrons. The van der Waals surface area contributed by atoms with Gasteiger partial charge in [0, 0.05) is 23.5 Å². The van der Waals surface area contributed by atoms with E-state index in [9.17, 15) is 4.79 Å². The van der Waals surface area contributed by atoms with Crippen molar-refractivity contribution in [2.24, 2.45) is 5.92 Å². The summed E-state index contributed by atoms with van der Waals surface area (Å²) < 4.78 is 0. The molecule has 2 heterocycles. The normalized spacial score (nSPS) is 23.8. The summed E-state index contributed by atoms with van der Waals surface area (Å²) in [6, 6.07) is 6.06. The van der Waals surface area contributed by atoms with Crippen LogP contribution in [0.1, 0.15) is 37.0 Å². The molecule has 0 bridgehead atoms. The number of rotatable bonds is 1. The molecule has 0 radical (unpaired) electrons. The van der Waals surface area contributed by atoms with Crippen molar-refractivity contribution in [3.63, 3.8) is 0 Å². The number of amides is 1. The number of benzene rings is 1. The topological polar surface area (TPSA) is 49.0 Å². The predicted octanol–water partition coefficient (Wildman–Crippen LogP) is 2.82. The molecule has 2 atom stereocenters. The molecular weight excluding hydrogens is 238 g/mol. The fourth-order valence-electron chi connectivity index (χ4n) is 2.86. The van der Waals surface area contributed by atoms with Crippen molar-refractivity contribution in [1.29, 1.82) is 0 Å². The maximum absolute atomic E-state index is 12.6. The number of likely N-dealkylation sites (tertiary alicyclic amines) is 1. The van der Waals surface area contributed by atoms with Crippen molar-refractivity contribution in [1.82, 2.24) is 15.1 Å². The second-order valence-corrected chi connectivity index (χ2v) is 5.53. The van der Waals surface area contributed by atoms with E-state index in [-0.39, 0.29) is 5.91 Å². The molecular formula is C15H19N3O. The van der Waals surface area contributed by atoms with Gasteiger partial charge in [0.25, 0.3) is 5.91 Å². The number of hydrogen-bond acceptors (Lipinski definition) is 2. The van der Waals surface area contributed by atoms with Gasteiger partial charge in [0.1, 0.15) is 0 Å². The lowest BCUT2D eigenvalue weighted by atomic mass is 9.91. The molecule has 1 fully saturated rings. The van der Waals surface area contributed by atoms with Crippen LogP contribution >= 0.6 is 0 Å². The largest absolute Gasteiger partial charge is 0.336 e. The Labute approximate surface area is 112 Å². The van der Waals surface area contributed by atoms with Gasteiger partial charge in [0.05, 0.1) is 11.7 Å². The monoisotopic (exact) mass is 257 g/mol. The molecule has 1 aliphatic heterocycles. The van der Waals surface area contributed by atoms with Crippen molar-refractivity contribution < 1.29 is 4.79 Å². The van der Waals surface area contributed by atoms with Gasteiger partial charge in [0.2, 0.25) is 0 Å². The molecule has 1 aromatic heterocycles. The minimum Gasteiger partial charge on any atom is -0.336 e. The Morgan fingerprint density at radius 1 is 1.42 bits per heavy atom. The van der Waals surface area contributed by atoms with Crippen LogP contribution in [0, 0.1) is 5.92 Å². The van der Waals surface area contributed by atoms with Crippen LogP contribution < -0.4 is 0 Å². The van der Waals surface area contributed by atoms with Crippen molar-refractivity contribution in [2.75, 3.05) is 6.54 Å². The molecule has 1 saturated heterocycles. The van der Waals surface area contributed by atoms with Crippen LogP contribution in [0.25, 0.3) is 10.9 Å². The Hall–Kier alpha value is -1.84. The Kier molecular flexibility index (Phi) is 3.01. The Balaban J connectivity index is 1.90. The molecule has 0 spiro atoms. The molecule has 3 rings (SSSR count). The Morgan fingerprint density at radius 3 is 3.11 bits per heavy atom. The molecule has 1 aliphatic rings. The second kappa shape index (κ2) is 4.68. The van der Waals surface area contributed by atoms with E-state index in [0.717, 1.165) is 29.4 Å². The van der Waals surface area contributed by atoms with Gasteiger partial charge in [-0.05, 0) is 37.8 Å². The highest BCUT2D eigenvalue weighted by atomic mass is 16.2. The van der Waals surface area contributed by atoms with Crippen LogP contribution in [0.4, 0.5) is 0 Å². The number of nitrogens with one attached hydrogen (secondary N) is 1. The van der Waals surface area contributed by atoms with Crippen molar-refractivity contribution in [2.45, 2.75) is 32.7 Å². The number of hydrogen-bond donors (Lipinski definition) is 1. The van der Waals surface area contributed by atoms with Gasteiger partial charge in [-0.3, -0.25) is 9.89 Å². The average Bonchev–Trinajstić information content (AvgIpc) is 2.88. The van der Waals surface area contributed by atoms with Gasteiger partial charge in [0.15, 0.2) is 0 Å². The van der Waals surface area contributed by atoms with Crippen LogP contribution in [0.3, 0.4) is 0 Å². The molecule has 4 nitrogen and oxygen atoms in total. The highest BCUT2D eigenvalue weighted by molar-refractivity contribution is 5.97. The summed E-state index contributed by atoms with van der Waals surface area (Å²) in [7, 11) is 0. The SMILES string of the molecule is CC1CCCN(C(=O)c2ccc3cn[nH]c3c2)C1C. The first kappa shape index (κ1) is 12.2. The number of carbonyl (C=O) groups is 1. The van der Waals surface area contributed by atoms with Crippen LogP contribution in [0.2, 0.25) is 0 Å². The summed E-state index contributed by atoms with van der Waals surface area (Å²) in [4.78, 5) is 14.6. The van der Waals surface area contributed by atoms with Gasteiger partial charge in [-0.15, -0.1) is 0 Å². The zero-order valence-electron chi connectivity index (χ0n) is 11.4. The Bertz CT molecular complexity index is 604. The summed E-state index contributed by atoms with van der Waals surface area (Å²) in [5.74, 6) is 0.712. The summed E-state index contributed by atoms with van der Waals surface area (Å²) in [5.41, 5.74) is 1.67. The second-order valence-electron chi connectivity index (χ2n) is 5.53. The smallest absolute Gasteiger partial charge is 0.254 e. The number of aromatic nitrogens is 2. The molecule has 4 heteroatoms. The fourth-order valence-corrected chi connectivity index (χ4v) is 2.86. The maximum Gasteiger partial charge on any atom is 0.254 e. The maximum atomic E-state index is 12.6. The fraction of sp³-hybridized carbons (Fsp3) is 0.467. The summed E-state index contributed by atoms with van der Waals surface area (Å²) in [6.45, 7) is 5.24. The number of fused-ring (bicyclic) bond motifs is 1. The third-order valence-corrected chi connectivity index (χ3v) is 4.32. The first-order valence-electron chi connectivity index (χ1n) is 6.91. The molecule has 0 aliphatic carbocycles. The van der Waals surface area contributed by atoms with E-state index in [2.05, 4.69) is 24.0 Å². The minimum absolute atomic E-state index is 0.135. The number of piperidine rings is 1. The first-order chi connectivity index (χ1) is 9.16. The van der Waals surface area contributed by atoms with Gasteiger partial charge in [-0.2, -0.15) is 5.10 Å². The van der Waals surface area contributed by atoms with Gasteiger partial charge in [-0.25, -0.2) is 0 Å². The van der Waals surface area contributed by atoms with Gasteiger partial charge in [-0.1, -0.05) is 13.0 Å². The molecule has 2 unspecified atom stereocenters. The molecule has 1 amide bonds. The van der Waals surface area contributed by atoms with E-state index in [1.807, 2.05) is 23.1 Å². The van der Waals surface area contributed by atoms with Crippen LogP contribution in [-0.2, 0) is 0 Å². The molecule has 1 N–H and O–H groups in total. The molecule has 0 saturated carbocycles. The van der Waals surface area contributed by atoms with E-state index in [1.165, 1.54) is 6.42 Å². The molecule has 19 heavy (non-hydrogen) atoms. The number of nitrogens with zero attached hydrogens (tertiary/aromatic N) is 2. The van der Waals surface area contributed by atoms with E-state index < -0.39 is 0 Å². The van der Waals surface area contributed by atoms with Gasteiger partial charge >= 0.3 is 0 Å². The van der Waals surface area contributed by atoms with Crippen LogP contribution in [0.5, 0.6) is 0 Å². The summed E-state index contributed by atoms with van der Waals surface area (Å²) in [5, 5.41) is 7.95. The van der Waals surface area contributed by atoms with E-state index in [4.69, 9.17) is 0 Å². The third kappa shape index (κ3) is 2.11. The highest BCUT2D eigenvalue weighted by Gasteiger charge is 2.28.